The molecule has 126 valence electrons. The third kappa shape index (κ3) is 3.30. The van der Waals surface area contributed by atoms with Gasteiger partial charge in [-0.25, -0.2) is 0 Å². The molecule has 5 rings (SSSR count). The Hall–Kier alpha value is -1.92. The number of benzene rings is 1. The Morgan fingerprint density at radius 3 is 2.62 bits per heavy atom. The van der Waals surface area contributed by atoms with E-state index in [1.54, 1.807) is 0 Å². The van der Waals surface area contributed by atoms with E-state index < -0.39 is 0 Å². The van der Waals surface area contributed by atoms with Gasteiger partial charge in [0, 0.05) is 29.1 Å². The molecule has 3 aliphatic rings. The standard InChI is InChI=1S/C18H21N3O2S/c1-12-10-17(20-24-12)23-15-4-2-14(3-5-15)18(22)19-16-11-21-8-6-13(16)7-9-21/h2-5,10,13,16H,6-9,11H2,1H3,(H,19,22). The number of hydrogen-bond acceptors (Lipinski definition) is 5. The first-order valence-corrected chi connectivity index (χ1v) is 9.19. The van der Waals surface area contributed by atoms with Gasteiger partial charge in [-0.15, -0.1) is 0 Å². The molecule has 0 saturated carbocycles. The molecule has 1 unspecified atom stereocenters. The van der Waals surface area contributed by atoms with Gasteiger partial charge < -0.3 is 15.0 Å². The lowest BCUT2D eigenvalue weighted by atomic mass is 9.84. The van der Waals surface area contributed by atoms with E-state index in [0.717, 1.165) is 11.4 Å². The zero-order valence-corrected chi connectivity index (χ0v) is 14.5. The molecule has 5 nitrogen and oxygen atoms in total. The Kier molecular flexibility index (Phi) is 4.24. The first-order chi connectivity index (χ1) is 11.7. The Morgan fingerprint density at radius 2 is 2.04 bits per heavy atom. The summed E-state index contributed by atoms with van der Waals surface area (Å²) in [6.07, 6.45) is 2.40. The molecule has 1 N–H and O–H groups in total. The molecule has 1 amide bonds. The molecule has 4 heterocycles. The maximum atomic E-state index is 12.5. The van der Waals surface area contributed by atoms with Gasteiger partial charge in [0.2, 0.25) is 5.88 Å². The lowest BCUT2D eigenvalue weighted by Crippen LogP contribution is -2.57. The summed E-state index contributed by atoms with van der Waals surface area (Å²) in [6, 6.07) is 9.45. The van der Waals surface area contributed by atoms with Crippen molar-refractivity contribution in [3.05, 3.63) is 40.8 Å². The zero-order valence-electron chi connectivity index (χ0n) is 13.7. The second-order valence-electron chi connectivity index (χ2n) is 6.62. The van der Waals surface area contributed by atoms with Crippen LogP contribution in [-0.4, -0.2) is 40.9 Å². The van der Waals surface area contributed by atoms with Crippen LogP contribution in [0.3, 0.4) is 0 Å². The quantitative estimate of drug-likeness (QED) is 0.927. The Morgan fingerprint density at radius 1 is 1.29 bits per heavy atom. The fourth-order valence-electron chi connectivity index (χ4n) is 3.57. The number of ether oxygens (including phenoxy) is 1. The highest BCUT2D eigenvalue weighted by Gasteiger charge is 2.34. The smallest absolute Gasteiger partial charge is 0.251 e. The van der Waals surface area contributed by atoms with E-state index in [0.29, 0.717) is 23.1 Å². The first-order valence-electron chi connectivity index (χ1n) is 8.42. The number of aryl methyl sites for hydroxylation is 1. The maximum Gasteiger partial charge on any atom is 0.251 e. The largest absolute Gasteiger partial charge is 0.438 e. The number of hydrogen-bond donors (Lipinski definition) is 1. The van der Waals surface area contributed by atoms with Gasteiger partial charge in [-0.2, -0.15) is 4.37 Å². The van der Waals surface area contributed by atoms with Gasteiger partial charge in [0.25, 0.3) is 5.91 Å². The third-order valence-corrected chi connectivity index (χ3v) is 5.59. The summed E-state index contributed by atoms with van der Waals surface area (Å²) in [5, 5.41) is 3.21. The Labute approximate surface area is 145 Å². The van der Waals surface area contributed by atoms with E-state index in [9.17, 15) is 4.79 Å². The molecule has 24 heavy (non-hydrogen) atoms. The maximum absolute atomic E-state index is 12.5. The lowest BCUT2D eigenvalue weighted by molar-refractivity contribution is 0.0620. The van der Waals surface area contributed by atoms with Crippen LogP contribution in [0.5, 0.6) is 11.6 Å². The minimum absolute atomic E-state index is 0.00445. The summed E-state index contributed by atoms with van der Waals surface area (Å²) in [7, 11) is 0. The molecule has 0 spiro atoms. The molecular formula is C18H21N3O2S. The van der Waals surface area contributed by atoms with Crippen LogP contribution in [0.25, 0.3) is 0 Å². The van der Waals surface area contributed by atoms with Crippen LogP contribution in [0, 0.1) is 12.8 Å². The second-order valence-corrected chi connectivity index (χ2v) is 7.63. The van der Waals surface area contributed by atoms with Gasteiger partial charge in [0.15, 0.2) is 0 Å². The number of nitrogens with zero attached hydrogens (tertiary/aromatic N) is 2. The fraction of sp³-hybridized carbons (Fsp3) is 0.444. The average molecular weight is 343 g/mol. The number of carbonyl (C=O) groups excluding carboxylic acids is 1. The lowest BCUT2D eigenvalue weighted by Gasteiger charge is -2.44. The summed E-state index contributed by atoms with van der Waals surface area (Å²) >= 11 is 1.41. The van der Waals surface area contributed by atoms with Crippen LogP contribution in [0.2, 0.25) is 0 Å². The predicted octanol–water partition coefficient (Wildman–Crippen LogP) is 3.07. The van der Waals surface area contributed by atoms with Gasteiger partial charge in [-0.1, -0.05) is 0 Å². The Balaban J connectivity index is 1.38. The van der Waals surface area contributed by atoms with Crippen molar-refractivity contribution in [1.29, 1.82) is 0 Å². The van der Waals surface area contributed by atoms with Crippen molar-refractivity contribution in [2.45, 2.75) is 25.8 Å². The number of carbonyl (C=O) groups is 1. The normalized spacial score (nSPS) is 25.5. The monoisotopic (exact) mass is 343 g/mol. The van der Waals surface area contributed by atoms with Crippen LogP contribution < -0.4 is 10.1 Å². The van der Waals surface area contributed by atoms with Gasteiger partial charge in [-0.05, 0) is 74.6 Å². The van der Waals surface area contributed by atoms with Crippen molar-refractivity contribution in [2.24, 2.45) is 5.92 Å². The highest BCUT2D eigenvalue weighted by Crippen LogP contribution is 2.28. The van der Waals surface area contributed by atoms with E-state index in [4.69, 9.17) is 4.74 Å². The first kappa shape index (κ1) is 15.6. The van der Waals surface area contributed by atoms with Crippen molar-refractivity contribution in [2.75, 3.05) is 19.6 Å². The van der Waals surface area contributed by atoms with E-state index >= 15 is 0 Å². The van der Waals surface area contributed by atoms with Gasteiger partial charge in [0.05, 0.1) is 0 Å². The molecule has 2 aromatic rings. The molecule has 0 radical (unpaired) electrons. The second kappa shape index (κ2) is 6.53. The van der Waals surface area contributed by atoms with Gasteiger partial charge in [-0.3, -0.25) is 4.79 Å². The molecule has 1 atom stereocenters. The SMILES string of the molecule is Cc1cc(Oc2ccc(C(=O)NC3CN4CCC3CC4)cc2)ns1. The van der Waals surface area contributed by atoms with Crippen molar-refractivity contribution >= 4 is 17.4 Å². The van der Waals surface area contributed by atoms with Crippen LogP contribution in [0.4, 0.5) is 0 Å². The number of amides is 1. The molecule has 3 fully saturated rings. The molecule has 1 aromatic carbocycles. The summed E-state index contributed by atoms with van der Waals surface area (Å²) in [5.41, 5.74) is 0.674. The van der Waals surface area contributed by atoms with Crippen LogP contribution in [0.15, 0.2) is 30.3 Å². The van der Waals surface area contributed by atoms with E-state index in [1.165, 1.54) is 37.5 Å². The highest BCUT2D eigenvalue weighted by molar-refractivity contribution is 7.05. The van der Waals surface area contributed by atoms with Gasteiger partial charge in [0.1, 0.15) is 5.75 Å². The summed E-state index contributed by atoms with van der Waals surface area (Å²) in [6.45, 7) is 5.34. The van der Waals surface area contributed by atoms with Crippen LogP contribution in [-0.2, 0) is 0 Å². The molecule has 1 aromatic heterocycles. The highest BCUT2D eigenvalue weighted by atomic mass is 32.1. The van der Waals surface area contributed by atoms with Crippen molar-refractivity contribution in [1.82, 2.24) is 14.6 Å². The van der Waals surface area contributed by atoms with Crippen LogP contribution >= 0.6 is 11.5 Å². The number of aromatic nitrogens is 1. The minimum Gasteiger partial charge on any atom is -0.438 e. The van der Waals surface area contributed by atoms with E-state index in [-0.39, 0.29) is 11.9 Å². The summed E-state index contributed by atoms with van der Waals surface area (Å²) in [5.74, 6) is 1.93. The number of piperidine rings is 3. The molecule has 2 bridgehead atoms. The number of nitrogens with one attached hydrogen (secondary N) is 1. The van der Waals surface area contributed by atoms with Gasteiger partial charge >= 0.3 is 0 Å². The van der Waals surface area contributed by atoms with Crippen molar-refractivity contribution in [3.63, 3.8) is 0 Å². The fourth-order valence-corrected chi connectivity index (χ4v) is 4.04. The van der Waals surface area contributed by atoms with Crippen molar-refractivity contribution < 1.29 is 9.53 Å². The van der Waals surface area contributed by atoms with Crippen LogP contribution in [0.1, 0.15) is 28.1 Å². The predicted molar refractivity (Wildman–Crippen MR) is 93.8 cm³/mol. The van der Waals surface area contributed by atoms with Crippen molar-refractivity contribution in [3.8, 4) is 11.6 Å². The topological polar surface area (TPSA) is 54.5 Å². The molecule has 3 saturated heterocycles. The third-order valence-electron chi connectivity index (χ3n) is 4.92. The Bertz CT molecular complexity index is 720. The van der Waals surface area contributed by atoms with E-state index in [2.05, 4.69) is 14.6 Å². The average Bonchev–Trinajstić information content (AvgIpc) is 3.01. The van der Waals surface area contributed by atoms with E-state index in [1.807, 2.05) is 37.3 Å². The zero-order chi connectivity index (χ0) is 16.5. The minimum atomic E-state index is 0.00445. The molecule has 6 heteroatoms. The summed E-state index contributed by atoms with van der Waals surface area (Å²) < 4.78 is 9.89. The molecule has 0 aliphatic carbocycles. The molecular weight excluding hydrogens is 322 g/mol. The summed E-state index contributed by atoms with van der Waals surface area (Å²) in [4.78, 5) is 16.0. The number of rotatable bonds is 4. The number of fused-ring (bicyclic) bond motifs is 3. The molecule has 3 aliphatic heterocycles.